The number of aliphatic hydroxyl groups excluding tert-OH is 1. The molecule has 9 heteroatoms. The van der Waals surface area contributed by atoms with Crippen molar-refractivity contribution in [3.8, 4) is 0 Å². The van der Waals surface area contributed by atoms with E-state index in [4.69, 9.17) is 9.05 Å². The van der Waals surface area contributed by atoms with E-state index in [2.05, 4.69) is 129 Å². The normalized spacial score (nSPS) is 14.4. The van der Waals surface area contributed by atoms with Gasteiger partial charge in [0.05, 0.1) is 39.9 Å². The summed E-state index contributed by atoms with van der Waals surface area (Å²) >= 11 is 0. The van der Waals surface area contributed by atoms with Crippen molar-refractivity contribution in [2.75, 3.05) is 40.9 Å². The molecule has 0 aliphatic rings. The average Bonchev–Trinajstić information content (AvgIpc) is 3.49. The highest BCUT2D eigenvalue weighted by Crippen LogP contribution is 2.38. The molecule has 0 radical (unpaired) electrons. The van der Waals surface area contributed by atoms with Gasteiger partial charge in [-0.2, -0.15) is 0 Å². The Morgan fingerprint density at radius 2 is 0.747 bits per heavy atom. The number of amides is 1. The van der Waals surface area contributed by atoms with Gasteiger partial charge in [-0.15, -0.1) is 0 Å². The Bertz CT molecular complexity index is 1770. The number of quaternary nitrogens is 1. The first-order valence-corrected chi connectivity index (χ1v) is 35.9. The predicted octanol–water partition coefficient (Wildman–Crippen LogP) is 21.4. The van der Waals surface area contributed by atoms with Crippen LogP contribution in [0.15, 0.2) is 122 Å². The molecule has 0 aromatic heterocycles. The van der Waals surface area contributed by atoms with Crippen LogP contribution in [-0.2, 0) is 18.4 Å². The third-order valence-corrected chi connectivity index (χ3v) is 15.9. The number of nitrogens with one attached hydrogen (secondary N) is 1. The van der Waals surface area contributed by atoms with Crippen LogP contribution in [0.5, 0.6) is 0 Å². The zero-order valence-electron chi connectivity index (χ0n) is 54.6. The van der Waals surface area contributed by atoms with Crippen molar-refractivity contribution >= 4 is 13.7 Å². The Hall–Kier alpha value is -3.10. The lowest BCUT2D eigenvalue weighted by molar-refractivity contribution is -0.870. The molecule has 0 aliphatic heterocycles. The van der Waals surface area contributed by atoms with Crippen molar-refractivity contribution in [2.45, 2.75) is 302 Å². The molecule has 0 saturated carbocycles. The maximum Gasteiger partial charge on any atom is 0.268 e. The smallest absolute Gasteiger partial charge is 0.268 e. The molecule has 0 heterocycles. The van der Waals surface area contributed by atoms with Crippen LogP contribution in [0, 0.1) is 0 Å². The van der Waals surface area contributed by atoms with Gasteiger partial charge in [-0.3, -0.25) is 9.36 Å². The highest BCUT2D eigenvalue weighted by Gasteiger charge is 2.23. The average molecular weight is 1180 g/mol. The monoisotopic (exact) mass is 1170 g/mol. The van der Waals surface area contributed by atoms with Gasteiger partial charge in [0, 0.05) is 6.42 Å². The van der Waals surface area contributed by atoms with E-state index in [1.807, 2.05) is 27.2 Å². The van der Waals surface area contributed by atoms with Crippen LogP contribution in [0.1, 0.15) is 290 Å². The van der Waals surface area contributed by atoms with Gasteiger partial charge in [-0.05, 0) is 96.3 Å². The molecule has 478 valence electrons. The van der Waals surface area contributed by atoms with Gasteiger partial charge in [-0.1, -0.05) is 309 Å². The summed E-state index contributed by atoms with van der Waals surface area (Å²) in [7, 11) is 1.23. The number of nitrogens with zero attached hydrogens (tertiary/aromatic N) is 1. The Morgan fingerprint density at radius 3 is 1.12 bits per heavy atom. The van der Waals surface area contributed by atoms with Crippen LogP contribution >= 0.6 is 7.82 Å². The van der Waals surface area contributed by atoms with Crippen molar-refractivity contribution in [1.29, 1.82) is 0 Å². The minimum atomic E-state index is -4.62. The minimum Gasteiger partial charge on any atom is -0.756 e. The van der Waals surface area contributed by atoms with Gasteiger partial charge in [0.25, 0.3) is 7.82 Å². The maximum atomic E-state index is 13.0. The standard InChI is InChI=1S/C74H131N2O6P/c1-6-8-10-12-14-16-18-20-22-24-26-28-30-32-34-36-37-38-39-40-42-44-46-48-50-52-54-56-58-60-62-64-66-68-74(78)75-72(71-82-83(79,80)81-70-69-76(3,4)5)73(77)67-65-63-61-59-57-55-53-51-49-47-45-43-41-35-33-31-29-27-25-23-21-19-17-15-13-11-9-7-2/h8,10,14,16,20,22,26,28,32,34,37-38,40,42,46,48,57,59,65,67,72-73,77H,6-7,9,11-13,15,17-19,21,23-25,27,29-31,33,35-36,39,41,43-45,47,49-56,58,60-64,66,68-71H2,1-5H3,(H-,75,78,79,80)/b10-8-,16-14-,22-20-,28-26-,34-32-,38-37-,42-40-,48-46-,59-57+,67-65+. The van der Waals surface area contributed by atoms with Gasteiger partial charge >= 0.3 is 0 Å². The minimum absolute atomic E-state index is 0.0139. The van der Waals surface area contributed by atoms with Crippen LogP contribution < -0.4 is 10.2 Å². The van der Waals surface area contributed by atoms with Gasteiger partial charge in [0.15, 0.2) is 0 Å². The van der Waals surface area contributed by atoms with Crippen molar-refractivity contribution in [1.82, 2.24) is 5.32 Å². The van der Waals surface area contributed by atoms with Crippen molar-refractivity contribution in [3.05, 3.63) is 122 Å². The molecule has 0 aromatic carbocycles. The maximum absolute atomic E-state index is 13.0. The molecule has 8 nitrogen and oxygen atoms in total. The van der Waals surface area contributed by atoms with E-state index in [-0.39, 0.29) is 12.5 Å². The quantitative estimate of drug-likeness (QED) is 0.0272. The van der Waals surface area contributed by atoms with E-state index in [9.17, 15) is 19.4 Å². The second-order valence-electron chi connectivity index (χ2n) is 24.1. The second kappa shape index (κ2) is 63.4. The fourth-order valence-corrected chi connectivity index (χ4v) is 10.3. The SMILES string of the molecule is CC/C=C\C/C=C\C/C=C\C/C=C\C/C=C\C/C=C\C/C=C\C/C=C\CCCCCCCCCCC(=O)NC(COP(=O)([O-])OCC[N+](C)(C)C)C(O)/C=C/CC/C=C/CCCCCCCCCCCCCCCCCCCCCCCC. The van der Waals surface area contributed by atoms with Gasteiger partial charge in [0.1, 0.15) is 13.2 Å². The summed E-state index contributed by atoms with van der Waals surface area (Å²) in [6.45, 7) is 4.52. The lowest BCUT2D eigenvalue weighted by Gasteiger charge is -2.29. The molecular formula is C74H131N2O6P. The summed E-state index contributed by atoms with van der Waals surface area (Å²) in [4.78, 5) is 25.6. The van der Waals surface area contributed by atoms with Crippen molar-refractivity contribution < 1.29 is 32.9 Å². The summed E-state index contributed by atoms with van der Waals surface area (Å²) in [6.07, 6.45) is 94.6. The molecule has 3 unspecified atom stereocenters. The Morgan fingerprint density at radius 1 is 0.434 bits per heavy atom. The third-order valence-electron chi connectivity index (χ3n) is 14.9. The van der Waals surface area contributed by atoms with Gasteiger partial charge < -0.3 is 28.8 Å². The molecule has 3 atom stereocenters. The zero-order valence-corrected chi connectivity index (χ0v) is 55.5. The predicted molar refractivity (Wildman–Crippen MR) is 362 cm³/mol. The molecule has 0 rings (SSSR count). The summed E-state index contributed by atoms with van der Waals surface area (Å²) < 4.78 is 23.4. The molecule has 0 aliphatic carbocycles. The topological polar surface area (TPSA) is 108 Å². The number of rotatable bonds is 62. The Balaban J connectivity index is 4.20. The van der Waals surface area contributed by atoms with E-state index in [0.717, 1.165) is 103 Å². The number of carbonyl (C=O) groups is 1. The number of aliphatic hydroxyl groups is 1. The largest absolute Gasteiger partial charge is 0.756 e. The van der Waals surface area contributed by atoms with E-state index in [1.54, 1.807) is 6.08 Å². The molecule has 0 aromatic rings. The Labute approximate surface area is 514 Å². The van der Waals surface area contributed by atoms with Crippen molar-refractivity contribution in [3.63, 3.8) is 0 Å². The lowest BCUT2D eigenvalue weighted by atomic mass is 10.0. The molecule has 2 N–H and O–H groups in total. The fraction of sp³-hybridized carbons (Fsp3) is 0.716. The van der Waals surface area contributed by atoms with E-state index in [1.165, 1.54) is 167 Å². The molecule has 0 spiro atoms. The van der Waals surface area contributed by atoms with Crippen LogP contribution in [-0.4, -0.2) is 68.5 Å². The fourth-order valence-electron chi connectivity index (χ4n) is 9.60. The van der Waals surface area contributed by atoms with E-state index >= 15 is 0 Å². The van der Waals surface area contributed by atoms with Gasteiger partial charge in [0.2, 0.25) is 5.91 Å². The van der Waals surface area contributed by atoms with Crippen LogP contribution in [0.2, 0.25) is 0 Å². The van der Waals surface area contributed by atoms with E-state index < -0.39 is 26.6 Å². The number of unbranched alkanes of at least 4 members (excludes halogenated alkanes) is 31. The number of carbonyl (C=O) groups excluding carboxylic acids is 1. The molecule has 0 bridgehead atoms. The number of hydrogen-bond donors (Lipinski definition) is 2. The molecule has 0 fully saturated rings. The van der Waals surface area contributed by atoms with Crippen molar-refractivity contribution in [2.24, 2.45) is 0 Å². The zero-order chi connectivity index (χ0) is 60.5. The summed E-state index contributed by atoms with van der Waals surface area (Å²) in [5.41, 5.74) is 0. The number of likely N-dealkylation sites (N-methyl/N-ethyl adjacent to an activating group) is 1. The van der Waals surface area contributed by atoms with Crippen LogP contribution in [0.25, 0.3) is 0 Å². The summed E-state index contributed by atoms with van der Waals surface area (Å²) in [5, 5.41) is 13.9. The number of allylic oxidation sites excluding steroid dienone is 19. The first-order chi connectivity index (χ1) is 40.5. The summed E-state index contributed by atoms with van der Waals surface area (Å²) in [5.74, 6) is -0.218. The molecular weight excluding hydrogens is 1040 g/mol. The molecule has 1 amide bonds. The molecule has 0 saturated heterocycles. The highest BCUT2D eigenvalue weighted by molar-refractivity contribution is 7.45. The van der Waals surface area contributed by atoms with Crippen LogP contribution in [0.4, 0.5) is 0 Å². The van der Waals surface area contributed by atoms with Crippen LogP contribution in [0.3, 0.4) is 0 Å². The lowest BCUT2D eigenvalue weighted by Crippen LogP contribution is -2.45. The number of phosphoric ester groups is 1. The first kappa shape index (κ1) is 79.9. The second-order valence-corrected chi connectivity index (χ2v) is 25.6. The summed E-state index contributed by atoms with van der Waals surface area (Å²) in [6, 6.07) is -0.919. The number of hydrogen-bond acceptors (Lipinski definition) is 6. The third kappa shape index (κ3) is 66.3. The highest BCUT2D eigenvalue weighted by atomic mass is 31.2. The Kier molecular flexibility index (Phi) is 61.0. The number of phosphoric acid groups is 1. The first-order valence-electron chi connectivity index (χ1n) is 34.4. The van der Waals surface area contributed by atoms with E-state index in [0.29, 0.717) is 17.4 Å². The van der Waals surface area contributed by atoms with Gasteiger partial charge in [-0.25, -0.2) is 0 Å². The molecule has 83 heavy (non-hydrogen) atoms.